The average Bonchev–Trinajstić information content (AvgIpc) is 3.39. The lowest BCUT2D eigenvalue weighted by atomic mass is 9.76. The predicted octanol–water partition coefficient (Wildman–Crippen LogP) is 6.07. The normalized spacial score (nSPS) is 21.8. The van der Waals surface area contributed by atoms with Crippen LogP contribution in [0.5, 0.6) is 0 Å². The summed E-state index contributed by atoms with van der Waals surface area (Å²) in [7, 11) is 1.58. The van der Waals surface area contributed by atoms with Gasteiger partial charge < -0.3 is 13.5 Å². The van der Waals surface area contributed by atoms with Crippen LogP contribution in [0.1, 0.15) is 64.7 Å². The fourth-order valence-electron chi connectivity index (χ4n) is 6.30. The number of hydroxylamine groups is 1. The van der Waals surface area contributed by atoms with Crippen molar-refractivity contribution < 1.29 is 23.0 Å². The van der Waals surface area contributed by atoms with Crippen LogP contribution in [0.15, 0.2) is 69.9 Å². The number of hydrogen-bond donors (Lipinski definition) is 3. The molecule has 1 fully saturated rings. The maximum absolute atomic E-state index is 14.4. The van der Waals surface area contributed by atoms with E-state index in [2.05, 4.69) is 15.2 Å². The summed E-state index contributed by atoms with van der Waals surface area (Å²) in [5.74, 6) is -2.02. The van der Waals surface area contributed by atoms with Crippen LogP contribution in [0.3, 0.4) is 0 Å². The smallest absolute Gasteiger partial charge is 0.408 e. The van der Waals surface area contributed by atoms with Crippen LogP contribution in [-0.4, -0.2) is 40.9 Å². The molecule has 0 radical (unpaired) electrons. The fourth-order valence-corrected chi connectivity index (χ4v) is 7.31. The molecule has 2 amide bonds. The van der Waals surface area contributed by atoms with Crippen molar-refractivity contribution in [2.45, 2.75) is 56.3 Å². The van der Waals surface area contributed by atoms with Crippen molar-refractivity contribution in [1.82, 2.24) is 20.1 Å². The van der Waals surface area contributed by atoms with Crippen LogP contribution in [0.25, 0.3) is 11.1 Å². The number of halogens is 2. The van der Waals surface area contributed by atoms with Gasteiger partial charge in [0.25, 0.3) is 11.8 Å². The highest BCUT2D eigenvalue weighted by Gasteiger charge is 2.49. The predicted molar refractivity (Wildman–Crippen MR) is 168 cm³/mol. The molecule has 13 heteroatoms. The highest BCUT2D eigenvalue weighted by Crippen LogP contribution is 2.48. The van der Waals surface area contributed by atoms with Gasteiger partial charge in [-0.2, -0.15) is 0 Å². The number of aromatic amines is 1. The van der Waals surface area contributed by atoms with Crippen LogP contribution in [-0.2, 0) is 20.4 Å². The Balaban J connectivity index is 1.37. The van der Waals surface area contributed by atoms with E-state index >= 15 is 0 Å². The summed E-state index contributed by atoms with van der Waals surface area (Å²) in [5.41, 5.74) is 5.89. The number of H-pyrrole nitrogens is 1. The number of nitrogens with zero attached hydrogens (tertiary/aromatic N) is 1. The molecule has 2 aliphatic rings. The minimum Gasteiger partial charge on any atom is -0.408 e. The van der Waals surface area contributed by atoms with E-state index in [1.165, 1.54) is 0 Å². The van der Waals surface area contributed by atoms with Crippen molar-refractivity contribution in [2.75, 3.05) is 7.11 Å². The van der Waals surface area contributed by atoms with Crippen molar-refractivity contribution in [3.8, 4) is 0 Å². The second-order valence-corrected chi connectivity index (χ2v) is 12.4. The number of carbonyl (C=O) groups excluding carboxylic acids is 2. The van der Waals surface area contributed by atoms with E-state index in [9.17, 15) is 14.4 Å². The molecule has 4 aromatic rings. The maximum Gasteiger partial charge on any atom is 0.417 e. The molecular formula is C31H30Cl2N4O6S. The minimum atomic E-state index is -0.856. The summed E-state index contributed by atoms with van der Waals surface area (Å²) in [6.45, 7) is 0.0167. The van der Waals surface area contributed by atoms with Gasteiger partial charge in [-0.3, -0.25) is 19.4 Å². The molecule has 3 N–H and O–H groups in total. The summed E-state index contributed by atoms with van der Waals surface area (Å²) < 4.78 is 13.7. The molecular weight excluding hydrogens is 627 g/mol. The van der Waals surface area contributed by atoms with Crippen molar-refractivity contribution in [2.24, 2.45) is 0 Å². The van der Waals surface area contributed by atoms with Crippen molar-refractivity contribution in [1.29, 1.82) is 0 Å². The van der Waals surface area contributed by atoms with Crippen LogP contribution < -0.4 is 16.0 Å². The molecule has 6 rings (SSSR count). The Morgan fingerprint density at radius 3 is 2.70 bits per heavy atom. The quantitative estimate of drug-likeness (QED) is 0.113. The lowest BCUT2D eigenvalue weighted by Gasteiger charge is -2.49. The molecule has 1 unspecified atom stereocenters. The topological polar surface area (TPSA) is 126 Å². The molecule has 3 aromatic carbocycles. The highest BCUT2D eigenvalue weighted by molar-refractivity contribution is 7.92. The molecule has 1 saturated carbocycles. The zero-order chi connectivity index (χ0) is 30.8. The van der Waals surface area contributed by atoms with Crippen molar-refractivity contribution >= 4 is 58.3 Å². The number of fused-ring (bicyclic) bond motifs is 2. The van der Waals surface area contributed by atoms with Gasteiger partial charge in [0.1, 0.15) is 0 Å². The fraction of sp³-hybridized carbons (Fsp3) is 0.323. The van der Waals surface area contributed by atoms with E-state index in [-0.39, 0.29) is 24.6 Å². The van der Waals surface area contributed by atoms with Gasteiger partial charge >= 0.3 is 5.76 Å². The van der Waals surface area contributed by atoms with E-state index in [0.29, 0.717) is 43.4 Å². The minimum absolute atomic E-state index is 0.0167. The summed E-state index contributed by atoms with van der Waals surface area (Å²) in [6.07, 6.45) is 3.50. The summed E-state index contributed by atoms with van der Waals surface area (Å²) in [5, 5.41) is 0.799. The first-order valence-electron chi connectivity index (χ1n) is 14.2. The first kappa shape index (κ1) is 30.7. The van der Waals surface area contributed by atoms with Gasteiger partial charge in [0.05, 0.1) is 43.4 Å². The highest BCUT2D eigenvalue weighted by atomic mass is 35.5. The van der Waals surface area contributed by atoms with E-state index in [4.69, 9.17) is 36.6 Å². The number of hydrogen-bond acceptors (Lipinski definition) is 8. The van der Waals surface area contributed by atoms with E-state index < -0.39 is 23.6 Å². The van der Waals surface area contributed by atoms with Crippen LogP contribution in [0.4, 0.5) is 0 Å². The Bertz CT molecular complexity index is 1750. The third-order valence-electron chi connectivity index (χ3n) is 8.21. The second kappa shape index (κ2) is 13.4. The SMILES string of the molecule is COSN[C@H]1CCCCC1N1C(=O)c2ccccc2[C@@H](C(=O)NOCc2ccc3[nH]c(=O)oc3c2)[C@@H]1c1ccc(Cl)cc1Cl. The second-order valence-electron chi connectivity index (χ2n) is 10.8. The van der Waals surface area contributed by atoms with Gasteiger partial charge in [0.15, 0.2) is 5.58 Å². The van der Waals surface area contributed by atoms with Gasteiger partial charge in [-0.25, -0.2) is 15.0 Å². The number of rotatable bonds is 9. The van der Waals surface area contributed by atoms with Crippen molar-refractivity contribution in [3.63, 3.8) is 0 Å². The number of aromatic nitrogens is 1. The van der Waals surface area contributed by atoms with Crippen LogP contribution in [0.2, 0.25) is 10.0 Å². The van der Waals surface area contributed by atoms with E-state index in [1.807, 2.05) is 11.0 Å². The third kappa shape index (κ3) is 6.13. The number of benzene rings is 3. The third-order valence-corrected chi connectivity index (χ3v) is 9.33. The number of amides is 2. The van der Waals surface area contributed by atoms with Crippen molar-refractivity contribution in [3.05, 3.63) is 104 Å². The Morgan fingerprint density at radius 2 is 1.89 bits per heavy atom. The maximum atomic E-state index is 14.4. The molecule has 44 heavy (non-hydrogen) atoms. The lowest BCUT2D eigenvalue weighted by Crippen LogP contribution is -2.57. The monoisotopic (exact) mass is 656 g/mol. The van der Waals surface area contributed by atoms with E-state index in [1.54, 1.807) is 61.7 Å². The molecule has 2 heterocycles. The molecule has 0 bridgehead atoms. The van der Waals surface area contributed by atoms with Gasteiger partial charge in [0, 0.05) is 27.7 Å². The average molecular weight is 658 g/mol. The molecule has 230 valence electrons. The van der Waals surface area contributed by atoms with Crippen LogP contribution in [0, 0.1) is 0 Å². The number of oxazole rings is 1. The molecule has 4 atom stereocenters. The first-order valence-corrected chi connectivity index (χ1v) is 15.7. The van der Waals surface area contributed by atoms with Gasteiger partial charge in [-0.1, -0.05) is 66.4 Å². The number of carbonyl (C=O) groups is 2. The largest absolute Gasteiger partial charge is 0.417 e. The molecule has 0 spiro atoms. The molecule has 0 saturated heterocycles. The Labute approximate surface area is 267 Å². The lowest BCUT2D eigenvalue weighted by molar-refractivity contribution is -0.138. The summed E-state index contributed by atoms with van der Waals surface area (Å²) in [4.78, 5) is 50.2. The van der Waals surface area contributed by atoms with Gasteiger partial charge in [0.2, 0.25) is 0 Å². The molecule has 1 aromatic heterocycles. The summed E-state index contributed by atoms with van der Waals surface area (Å²) >= 11 is 14.2. The Kier molecular flexibility index (Phi) is 9.31. The molecule has 10 nitrogen and oxygen atoms in total. The molecule has 1 aliphatic heterocycles. The summed E-state index contributed by atoms with van der Waals surface area (Å²) in [6, 6.07) is 16.3. The standard InChI is InChI=1S/C31H30Cl2N4O6S/c1-41-44-36-23-8-4-5-9-25(23)37-28(21-12-11-18(32)15-22(21)33)27(19-6-2-3-7-20(19)30(37)39)29(38)35-42-16-17-10-13-24-26(14-17)43-31(40)34-24/h2-3,6-7,10-15,23,25,27-28,36H,4-5,8-9,16H2,1H3,(H,34,40)(H,35,38)/t23-,25?,27+,28-/m0/s1. The van der Waals surface area contributed by atoms with E-state index in [0.717, 1.165) is 37.9 Å². The van der Waals surface area contributed by atoms with Gasteiger partial charge in [-0.05, 0) is 59.9 Å². The number of nitrogens with one attached hydrogen (secondary N) is 3. The van der Waals surface area contributed by atoms with Gasteiger partial charge in [-0.15, -0.1) is 0 Å². The Morgan fingerprint density at radius 1 is 1.07 bits per heavy atom. The molecule has 1 aliphatic carbocycles. The van der Waals surface area contributed by atoms with Crippen LogP contribution >= 0.6 is 35.4 Å². The Hall–Kier alpha value is -3.32. The zero-order valence-corrected chi connectivity index (χ0v) is 26.0. The zero-order valence-electron chi connectivity index (χ0n) is 23.7. The first-order chi connectivity index (χ1) is 21.4.